The molecule has 0 aliphatic heterocycles. The third-order valence-electron chi connectivity index (χ3n) is 5.09. The average molecular weight is 356 g/mol. The van der Waals surface area contributed by atoms with Crippen molar-refractivity contribution in [2.24, 2.45) is 0 Å². The third-order valence-corrected chi connectivity index (χ3v) is 5.09. The third kappa shape index (κ3) is 4.91. The molecule has 1 aliphatic rings. The summed E-state index contributed by atoms with van der Waals surface area (Å²) in [6.45, 7) is 3.50. The van der Waals surface area contributed by atoms with E-state index in [4.69, 9.17) is 4.52 Å². The highest BCUT2D eigenvalue weighted by Gasteiger charge is 2.17. The van der Waals surface area contributed by atoms with Gasteiger partial charge in [-0.05, 0) is 64.0 Å². The molecule has 0 bridgehead atoms. The molecule has 0 saturated heterocycles. The van der Waals surface area contributed by atoms with Gasteiger partial charge in [-0.1, -0.05) is 24.4 Å². The van der Waals surface area contributed by atoms with Gasteiger partial charge in [0.25, 0.3) is 11.8 Å². The van der Waals surface area contributed by atoms with E-state index >= 15 is 0 Å². The summed E-state index contributed by atoms with van der Waals surface area (Å²) in [5.41, 5.74) is 1.46. The van der Waals surface area contributed by atoms with E-state index in [1.54, 1.807) is 19.1 Å². The number of amides is 1. The Labute approximate surface area is 155 Å². The summed E-state index contributed by atoms with van der Waals surface area (Å²) in [6, 6.07) is 7.97. The molecule has 0 atom stereocenters. The zero-order valence-electron chi connectivity index (χ0n) is 15.7. The molecule has 1 N–H and O–H groups in total. The summed E-state index contributed by atoms with van der Waals surface area (Å²) in [6.07, 6.45) is 7.68. The van der Waals surface area contributed by atoms with Crippen LogP contribution in [0.1, 0.15) is 54.7 Å². The Kier molecular flexibility index (Phi) is 6.39. The molecule has 0 radical (unpaired) electrons. The van der Waals surface area contributed by atoms with E-state index in [0.29, 0.717) is 23.8 Å². The van der Waals surface area contributed by atoms with Crippen molar-refractivity contribution in [3.63, 3.8) is 0 Å². The van der Waals surface area contributed by atoms with Crippen molar-refractivity contribution in [3.05, 3.63) is 35.7 Å². The van der Waals surface area contributed by atoms with Gasteiger partial charge in [-0.25, -0.2) is 0 Å². The van der Waals surface area contributed by atoms with Gasteiger partial charge in [0.15, 0.2) is 5.82 Å². The Hall–Kier alpha value is -2.21. The molecule has 6 heteroatoms. The molecule has 6 nitrogen and oxygen atoms in total. The zero-order valence-corrected chi connectivity index (χ0v) is 15.7. The normalized spacial score (nSPS) is 15.3. The van der Waals surface area contributed by atoms with Crippen LogP contribution in [0.4, 0.5) is 0 Å². The van der Waals surface area contributed by atoms with Crippen molar-refractivity contribution in [1.82, 2.24) is 20.4 Å². The quantitative estimate of drug-likeness (QED) is 0.770. The van der Waals surface area contributed by atoms with Gasteiger partial charge in [0, 0.05) is 23.7 Å². The number of carbonyl (C=O) groups excluding carboxylic acids is 1. The highest BCUT2D eigenvalue weighted by atomic mass is 16.5. The lowest BCUT2D eigenvalue weighted by Crippen LogP contribution is -2.35. The van der Waals surface area contributed by atoms with Gasteiger partial charge in [-0.2, -0.15) is 4.98 Å². The lowest BCUT2D eigenvalue weighted by atomic mass is 9.94. The highest BCUT2D eigenvalue weighted by molar-refractivity contribution is 5.94. The Morgan fingerprint density at radius 1 is 1.23 bits per heavy atom. The van der Waals surface area contributed by atoms with Crippen LogP contribution >= 0.6 is 0 Å². The minimum Gasteiger partial charge on any atom is -0.352 e. The Morgan fingerprint density at radius 2 is 1.96 bits per heavy atom. The van der Waals surface area contributed by atoms with Crippen molar-refractivity contribution in [3.8, 4) is 11.5 Å². The van der Waals surface area contributed by atoms with E-state index in [0.717, 1.165) is 24.6 Å². The summed E-state index contributed by atoms with van der Waals surface area (Å²) in [5, 5.41) is 6.78. The predicted octanol–water partition coefficient (Wildman–Crippen LogP) is 3.43. The minimum atomic E-state index is -0.0430. The van der Waals surface area contributed by atoms with Crippen molar-refractivity contribution in [2.75, 3.05) is 20.1 Å². The molecule has 1 saturated carbocycles. The molecular formula is C20H28N4O2. The lowest BCUT2D eigenvalue weighted by molar-refractivity contribution is 0.0950. The standard InChI is InChI=1S/C20H28N4O2/c1-15-22-20(26-23-15)17-11-9-16(10-12-17)19(25)21-13-6-14-24(2)18-7-4-3-5-8-18/h9-12,18H,3-8,13-14H2,1-2H3,(H,21,25). The van der Waals surface area contributed by atoms with Crippen LogP contribution in [-0.2, 0) is 0 Å². The van der Waals surface area contributed by atoms with E-state index in [1.807, 2.05) is 12.1 Å². The minimum absolute atomic E-state index is 0.0430. The molecule has 1 heterocycles. The summed E-state index contributed by atoms with van der Waals surface area (Å²) in [5.74, 6) is 1.03. The number of benzene rings is 1. The second-order valence-electron chi connectivity index (χ2n) is 7.11. The fourth-order valence-corrected chi connectivity index (χ4v) is 3.52. The van der Waals surface area contributed by atoms with Gasteiger partial charge < -0.3 is 14.7 Å². The summed E-state index contributed by atoms with van der Waals surface area (Å²) in [4.78, 5) is 18.9. The van der Waals surface area contributed by atoms with Gasteiger partial charge in [0.05, 0.1) is 0 Å². The second kappa shape index (κ2) is 8.94. The number of rotatable bonds is 7. The summed E-state index contributed by atoms with van der Waals surface area (Å²) >= 11 is 0. The largest absolute Gasteiger partial charge is 0.352 e. The van der Waals surface area contributed by atoms with Gasteiger partial charge in [-0.3, -0.25) is 4.79 Å². The topological polar surface area (TPSA) is 71.3 Å². The van der Waals surface area contributed by atoms with Crippen molar-refractivity contribution in [2.45, 2.75) is 51.5 Å². The van der Waals surface area contributed by atoms with E-state index in [2.05, 4.69) is 27.4 Å². The molecule has 0 unspecified atom stereocenters. The predicted molar refractivity (Wildman–Crippen MR) is 101 cm³/mol. The molecule has 3 rings (SSSR count). The van der Waals surface area contributed by atoms with E-state index in [9.17, 15) is 4.79 Å². The van der Waals surface area contributed by atoms with Crippen LogP contribution in [0.25, 0.3) is 11.5 Å². The maximum Gasteiger partial charge on any atom is 0.257 e. The molecule has 0 spiro atoms. The van der Waals surface area contributed by atoms with Crippen LogP contribution < -0.4 is 5.32 Å². The first-order valence-corrected chi connectivity index (χ1v) is 9.52. The first-order valence-electron chi connectivity index (χ1n) is 9.52. The molecule has 26 heavy (non-hydrogen) atoms. The molecule has 1 aliphatic carbocycles. The fourth-order valence-electron chi connectivity index (χ4n) is 3.52. The van der Waals surface area contributed by atoms with Crippen LogP contribution in [-0.4, -0.2) is 47.1 Å². The first kappa shape index (κ1) is 18.6. The summed E-state index contributed by atoms with van der Waals surface area (Å²) < 4.78 is 5.14. The molecule has 1 aromatic heterocycles. The van der Waals surface area contributed by atoms with Crippen LogP contribution in [0, 0.1) is 6.92 Å². The molecule has 1 aromatic carbocycles. The number of hydrogen-bond donors (Lipinski definition) is 1. The Bertz CT molecular complexity index is 705. The van der Waals surface area contributed by atoms with Crippen LogP contribution in [0.2, 0.25) is 0 Å². The van der Waals surface area contributed by atoms with Crippen LogP contribution in [0.3, 0.4) is 0 Å². The van der Waals surface area contributed by atoms with Gasteiger partial charge in [0.2, 0.25) is 0 Å². The smallest absolute Gasteiger partial charge is 0.257 e. The van der Waals surface area contributed by atoms with Crippen molar-refractivity contribution >= 4 is 5.91 Å². The Balaban J connectivity index is 1.42. The van der Waals surface area contributed by atoms with Crippen LogP contribution in [0.5, 0.6) is 0 Å². The molecular weight excluding hydrogens is 328 g/mol. The van der Waals surface area contributed by atoms with Gasteiger partial charge in [0.1, 0.15) is 0 Å². The number of aryl methyl sites for hydroxylation is 1. The fraction of sp³-hybridized carbons (Fsp3) is 0.550. The van der Waals surface area contributed by atoms with Gasteiger partial charge >= 0.3 is 0 Å². The maximum atomic E-state index is 12.3. The number of aromatic nitrogens is 2. The van der Waals surface area contributed by atoms with E-state index < -0.39 is 0 Å². The molecule has 1 fully saturated rings. The number of carbonyl (C=O) groups is 1. The first-order chi connectivity index (χ1) is 12.6. The van der Waals surface area contributed by atoms with Crippen molar-refractivity contribution < 1.29 is 9.32 Å². The van der Waals surface area contributed by atoms with E-state index in [-0.39, 0.29) is 5.91 Å². The van der Waals surface area contributed by atoms with Gasteiger partial charge in [-0.15, -0.1) is 0 Å². The maximum absolute atomic E-state index is 12.3. The zero-order chi connectivity index (χ0) is 18.4. The molecule has 140 valence electrons. The number of hydrogen-bond acceptors (Lipinski definition) is 5. The average Bonchev–Trinajstić information content (AvgIpc) is 3.12. The monoisotopic (exact) mass is 356 g/mol. The molecule has 1 amide bonds. The van der Waals surface area contributed by atoms with E-state index in [1.165, 1.54) is 32.1 Å². The summed E-state index contributed by atoms with van der Waals surface area (Å²) in [7, 11) is 2.20. The lowest BCUT2D eigenvalue weighted by Gasteiger charge is -2.31. The van der Waals surface area contributed by atoms with Crippen molar-refractivity contribution in [1.29, 1.82) is 0 Å². The van der Waals surface area contributed by atoms with Crippen LogP contribution in [0.15, 0.2) is 28.8 Å². The number of nitrogens with one attached hydrogen (secondary N) is 1. The second-order valence-corrected chi connectivity index (χ2v) is 7.11. The molecule has 2 aromatic rings. The SMILES string of the molecule is Cc1noc(-c2ccc(C(=O)NCCCN(C)C3CCCCC3)cc2)n1. The highest BCUT2D eigenvalue weighted by Crippen LogP contribution is 2.21. The number of nitrogens with zero attached hydrogens (tertiary/aromatic N) is 3. The Morgan fingerprint density at radius 3 is 2.62 bits per heavy atom.